The highest BCUT2D eigenvalue weighted by molar-refractivity contribution is 7.92. The molecular formula is C12H17ClN2O3S. The number of rotatable bonds is 5. The second-order valence-electron chi connectivity index (χ2n) is 4.74. The maximum atomic E-state index is 11.7. The van der Waals surface area contributed by atoms with E-state index in [1.54, 1.807) is 19.9 Å². The van der Waals surface area contributed by atoms with Gasteiger partial charge in [0.15, 0.2) is 9.84 Å². The maximum Gasteiger partial charge on any atom is 0.239 e. The van der Waals surface area contributed by atoms with Gasteiger partial charge in [0.25, 0.3) is 0 Å². The first-order valence-electron chi connectivity index (χ1n) is 5.75. The molecule has 0 saturated heterocycles. The van der Waals surface area contributed by atoms with Gasteiger partial charge in [-0.1, -0.05) is 25.4 Å². The van der Waals surface area contributed by atoms with Crippen LogP contribution in [0.2, 0.25) is 5.02 Å². The third-order valence-electron chi connectivity index (χ3n) is 2.21. The first kappa shape index (κ1) is 15.8. The Bertz CT molecular complexity index is 570. The minimum Gasteiger partial charge on any atom is -0.399 e. The van der Waals surface area contributed by atoms with Gasteiger partial charge >= 0.3 is 0 Å². The van der Waals surface area contributed by atoms with Gasteiger partial charge < -0.3 is 11.1 Å². The molecule has 3 N–H and O–H groups in total. The van der Waals surface area contributed by atoms with E-state index < -0.39 is 21.5 Å². The molecule has 5 nitrogen and oxygen atoms in total. The van der Waals surface area contributed by atoms with Crippen molar-refractivity contribution >= 4 is 38.7 Å². The van der Waals surface area contributed by atoms with Gasteiger partial charge in [0.2, 0.25) is 5.91 Å². The Hall–Kier alpha value is -1.27. The largest absolute Gasteiger partial charge is 0.399 e. The van der Waals surface area contributed by atoms with Crippen molar-refractivity contribution in [2.45, 2.75) is 13.8 Å². The molecule has 0 unspecified atom stereocenters. The van der Waals surface area contributed by atoms with Crippen LogP contribution in [0, 0.1) is 5.92 Å². The molecule has 106 valence electrons. The summed E-state index contributed by atoms with van der Waals surface area (Å²) in [6.07, 6.45) is 0. The summed E-state index contributed by atoms with van der Waals surface area (Å²) in [5, 5.41) is 2.73. The van der Waals surface area contributed by atoms with Crippen LogP contribution in [0.4, 0.5) is 11.4 Å². The van der Waals surface area contributed by atoms with Crippen molar-refractivity contribution in [2.24, 2.45) is 5.92 Å². The molecular weight excluding hydrogens is 288 g/mol. The standard InChI is InChI=1S/C12H17ClN2O3S/c1-8(2)6-19(17,18)7-12(16)15-11-4-3-9(14)5-10(11)13/h3-5,8H,6-7,14H2,1-2H3,(H,15,16). The number of amides is 1. The fourth-order valence-electron chi connectivity index (χ4n) is 1.59. The molecule has 1 aromatic rings. The predicted molar refractivity (Wildman–Crippen MR) is 78.0 cm³/mol. The summed E-state index contributed by atoms with van der Waals surface area (Å²) < 4.78 is 23.3. The zero-order valence-electron chi connectivity index (χ0n) is 10.8. The number of sulfone groups is 1. The molecule has 0 spiro atoms. The van der Waals surface area contributed by atoms with Crippen molar-refractivity contribution in [1.29, 1.82) is 0 Å². The van der Waals surface area contributed by atoms with Crippen molar-refractivity contribution in [1.82, 2.24) is 0 Å². The van der Waals surface area contributed by atoms with Crippen molar-refractivity contribution < 1.29 is 13.2 Å². The van der Waals surface area contributed by atoms with Crippen molar-refractivity contribution in [3.63, 3.8) is 0 Å². The molecule has 1 aromatic carbocycles. The second-order valence-corrected chi connectivity index (χ2v) is 7.25. The van der Waals surface area contributed by atoms with Crippen LogP contribution in [0.1, 0.15) is 13.8 Å². The molecule has 7 heteroatoms. The highest BCUT2D eigenvalue weighted by Gasteiger charge is 2.18. The van der Waals surface area contributed by atoms with Crippen LogP contribution in [0.25, 0.3) is 0 Å². The van der Waals surface area contributed by atoms with E-state index in [4.69, 9.17) is 17.3 Å². The number of benzene rings is 1. The topological polar surface area (TPSA) is 89.3 Å². The minimum absolute atomic E-state index is 0.0158. The number of nitrogens with two attached hydrogens (primary N) is 1. The van der Waals surface area contributed by atoms with Gasteiger partial charge in [-0.15, -0.1) is 0 Å². The summed E-state index contributed by atoms with van der Waals surface area (Å²) in [5.74, 6) is -1.19. The molecule has 19 heavy (non-hydrogen) atoms. The van der Waals surface area contributed by atoms with Gasteiger partial charge in [-0.25, -0.2) is 8.42 Å². The lowest BCUT2D eigenvalue weighted by Crippen LogP contribution is -2.26. The Labute approximate surface area is 118 Å². The summed E-state index contributed by atoms with van der Waals surface area (Å²) >= 11 is 5.88. The average molecular weight is 305 g/mol. The number of halogens is 1. The number of hydrogen-bond donors (Lipinski definition) is 2. The fraction of sp³-hybridized carbons (Fsp3) is 0.417. The number of carbonyl (C=O) groups is 1. The van der Waals surface area contributed by atoms with E-state index in [1.165, 1.54) is 12.1 Å². The Morgan fingerprint density at radius 1 is 1.42 bits per heavy atom. The van der Waals surface area contributed by atoms with Gasteiger partial charge in [-0.2, -0.15) is 0 Å². The molecule has 0 aliphatic rings. The molecule has 0 aliphatic carbocycles. The summed E-state index contributed by atoms with van der Waals surface area (Å²) in [6.45, 7) is 3.57. The minimum atomic E-state index is -3.40. The molecule has 0 saturated carbocycles. The van der Waals surface area contributed by atoms with Crippen LogP contribution in [0.5, 0.6) is 0 Å². The zero-order chi connectivity index (χ0) is 14.6. The third kappa shape index (κ3) is 5.48. The maximum absolute atomic E-state index is 11.7. The number of carbonyl (C=O) groups excluding carboxylic acids is 1. The summed E-state index contributed by atoms with van der Waals surface area (Å²) in [5.41, 5.74) is 6.34. The lowest BCUT2D eigenvalue weighted by molar-refractivity contribution is -0.113. The van der Waals surface area contributed by atoms with Gasteiger partial charge in [-0.3, -0.25) is 4.79 Å². The molecule has 0 fully saturated rings. The molecule has 0 aliphatic heterocycles. The van der Waals surface area contributed by atoms with E-state index in [1.807, 2.05) is 0 Å². The van der Waals surface area contributed by atoms with E-state index in [2.05, 4.69) is 5.32 Å². The summed E-state index contributed by atoms with van der Waals surface area (Å²) in [7, 11) is -3.40. The zero-order valence-corrected chi connectivity index (χ0v) is 12.4. The molecule has 0 bridgehead atoms. The first-order valence-corrected chi connectivity index (χ1v) is 7.95. The van der Waals surface area contributed by atoms with Crippen LogP contribution in [0.15, 0.2) is 18.2 Å². The number of hydrogen-bond acceptors (Lipinski definition) is 4. The van der Waals surface area contributed by atoms with E-state index in [0.29, 0.717) is 11.4 Å². The quantitative estimate of drug-likeness (QED) is 0.813. The molecule has 0 atom stereocenters. The molecule has 0 heterocycles. The van der Waals surface area contributed by atoms with E-state index in [9.17, 15) is 13.2 Å². The molecule has 0 radical (unpaired) electrons. The molecule has 0 aromatic heterocycles. The Balaban J connectivity index is 2.70. The van der Waals surface area contributed by atoms with Crippen molar-refractivity contribution in [3.05, 3.63) is 23.2 Å². The summed E-state index contributed by atoms with van der Waals surface area (Å²) in [4.78, 5) is 11.7. The summed E-state index contributed by atoms with van der Waals surface area (Å²) in [6, 6.07) is 4.59. The SMILES string of the molecule is CC(C)CS(=O)(=O)CC(=O)Nc1ccc(N)cc1Cl. The average Bonchev–Trinajstić information content (AvgIpc) is 2.19. The highest BCUT2D eigenvalue weighted by atomic mass is 35.5. The van der Waals surface area contributed by atoms with Crippen molar-refractivity contribution in [2.75, 3.05) is 22.6 Å². The van der Waals surface area contributed by atoms with E-state index in [0.717, 1.165) is 0 Å². The second kappa shape index (κ2) is 6.25. The number of nitrogens with one attached hydrogen (secondary N) is 1. The number of anilines is 2. The smallest absolute Gasteiger partial charge is 0.239 e. The Kier molecular flexibility index (Phi) is 5.20. The normalized spacial score (nSPS) is 11.6. The van der Waals surface area contributed by atoms with Crippen LogP contribution in [-0.2, 0) is 14.6 Å². The fourth-order valence-corrected chi connectivity index (χ4v) is 3.43. The Morgan fingerprint density at radius 3 is 2.58 bits per heavy atom. The van der Waals surface area contributed by atoms with E-state index in [-0.39, 0.29) is 16.7 Å². The van der Waals surface area contributed by atoms with Crippen LogP contribution in [-0.4, -0.2) is 25.8 Å². The van der Waals surface area contributed by atoms with Gasteiger partial charge in [0.1, 0.15) is 5.75 Å². The highest BCUT2D eigenvalue weighted by Crippen LogP contribution is 2.23. The van der Waals surface area contributed by atoms with Crippen LogP contribution < -0.4 is 11.1 Å². The molecule has 1 amide bonds. The van der Waals surface area contributed by atoms with Gasteiger partial charge in [0.05, 0.1) is 16.5 Å². The van der Waals surface area contributed by atoms with Crippen LogP contribution >= 0.6 is 11.6 Å². The molecule has 1 rings (SSSR count). The Morgan fingerprint density at radius 2 is 2.05 bits per heavy atom. The lowest BCUT2D eigenvalue weighted by atomic mass is 10.3. The first-order chi connectivity index (χ1) is 8.69. The predicted octanol–water partition coefficient (Wildman–Crippen LogP) is 1.93. The van der Waals surface area contributed by atoms with Crippen LogP contribution in [0.3, 0.4) is 0 Å². The van der Waals surface area contributed by atoms with Gasteiger partial charge in [0, 0.05) is 5.69 Å². The monoisotopic (exact) mass is 304 g/mol. The van der Waals surface area contributed by atoms with E-state index >= 15 is 0 Å². The lowest BCUT2D eigenvalue weighted by Gasteiger charge is -2.09. The van der Waals surface area contributed by atoms with Crippen molar-refractivity contribution in [3.8, 4) is 0 Å². The number of nitrogen functional groups attached to an aromatic ring is 1. The van der Waals surface area contributed by atoms with Gasteiger partial charge in [-0.05, 0) is 24.1 Å². The third-order valence-corrected chi connectivity index (χ3v) is 4.39.